The summed E-state index contributed by atoms with van der Waals surface area (Å²) in [5, 5.41) is 13.7. The van der Waals surface area contributed by atoms with Crippen molar-refractivity contribution in [2.24, 2.45) is 5.92 Å². The Hall–Kier alpha value is -3.07. The van der Waals surface area contributed by atoms with Crippen LogP contribution in [0.1, 0.15) is 56.8 Å². The molecular formula is C29H35N3O4S. The molecule has 3 aromatic rings. The molecule has 2 aromatic carbocycles. The third kappa shape index (κ3) is 6.83. The van der Waals surface area contributed by atoms with E-state index in [4.69, 9.17) is 0 Å². The molecule has 1 aromatic heterocycles. The monoisotopic (exact) mass is 521 g/mol. The van der Waals surface area contributed by atoms with Gasteiger partial charge in [0.05, 0.1) is 16.5 Å². The fourth-order valence-corrected chi connectivity index (χ4v) is 6.19. The zero-order valence-electron chi connectivity index (χ0n) is 21.5. The molecule has 0 spiro atoms. The molecule has 0 radical (unpaired) electrons. The summed E-state index contributed by atoms with van der Waals surface area (Å²) in [6.45, 7) is 5.28. The van der Waals surface area contributed by atoms with Crippen molar-refractivity contribution >= 4 is 15.9 Å². The third-order valence-electron chi connectivity index (χ3n) is 6.94. The fraction of sp³-hybridized carbons (Fsp3) is 0.379. The van der Waals surface area contributed by atoms with Gasteiger partial charge in [-0.2, -0.15) is 0 Å². The molecule has 1 heterocycles. The smallest absolute Gasteiger partial charge is 0.240 e. The van der Waals surface area contributed by atoms with Crippen LogP contribution in [0.2, 0.25) is 0 Å². The maximum Gasteiger partial charge on any atom is 0.240 e. The summed E-state index contributed by atoms with van der Waals surface area (Å²) in [5.41, 5.74) is 2.52. The molecule has 1 saturated carbocycles. The molecule has 7 nitrogen and oxygen atoms in total. The van der Waals surface area contributed by atoms with E-state index < -0.39 is 21.7 Å². The van der Waals surface area contributed by atoms with E-state index >= 15 is 0 Å². The molecule has 1 atom stereocenters. The Morgan fingerprint density at radius 3 is 2.22 bits per heavy atom. The van der Waals surface area contributed by atoms with Crippen LogP contribution in [0.4, 0.5) is 0 Å². The highest BCUT2D eigenvalue weighted by molar-refractivity contribution is 7.89. The van der Waals surface area contributed by atoms with Crippen molar-refractivity contribution in [1.29, 1.82) is 0 Å². The van der Waals surface area contributed by atoms with Gasteiger partial charge in [-0.05, 0) is 87.4 Å². The number of carbonyl (C=O) groups excluding carboxylic acids is 1. The predicted octanol–water partition coefficient (Wildman–Crippen LogP) is 4.52. The number of rotatable bonds is 8. The SMILES string of the molecule is Cc1cc(-c2ccc(S(=O)(=O)NC3CCC(C(=O)N[C@@H](c4ccccc4)C(C)(C)O)CC3)cc2)ccn1. The largest absolute Gasteiger partial charge is 0.388 e. The van der Waals surface area contributed by atoms with Gasteiger partial charge in [0.1, 0.15) is 0 Å². The summed E-state index contributed by atoms with van der Waals surface area (Å²) < 4.78 is 28.8. The summed E-state index contributed by atoms with van der Waals surface area (Å²) in [4.78, 5) is 17.5. The van der Waals surface area contributed by atoms with Gasteiger partial charge in [-0.15, -0.1) is 0 Å². The zero-order chi connectivity index (χ0) is 26.6. The Balaban J connectivity index is 1.34. The first kappa shape index (κ1) is 27.0. The van der Waals surface area contributed by atoms with E-state index in [-0.39, 0.29) is 22.8 Å². The number of aliphatic hydroxyl groups is 1. The van der Waals surface area contributed by atoms with Gasteiger partial charge >= 0.3 is 0 Å². The Bertz CT molecular complexity index is 1310. The van der Waals surface area contributed by atoms with Crippen molar-refractivity contribution < 1.29 is 18.3 Å². The van der Waals surface area contributed by atoms with Crippen molar-refractivity contribution in [2.45, 2.75) is 69.0 Å². The summed E-state index contributed by atoms with van der Waals surface area (Å²) in [5.74, 6) is -0.336. The molecule has 4 rings (SSSR count). The van der Waals surface area contributed by atoms with Gasteiger partial charge < -0.3 is 10.4 Å². The molecule has 3 N–H and O–H groups in total. The second kappa shape index (κ2) is 11.1. The van der Waals surface area contributed by atoms with Gasteiger partial charge in [0, 0.05) is 23.9 Å². The van der Waals surface area contributed by atoms with Crippen molar-refractivity contribution in [3.63, 3.8) is 0 Å². The number of hydrogen-bond acceptors (Lipinski definition) is 5. The van der Waals surface area contributed by atoms with Crippen LogP contribution in [-0.2, 0) is 14.8 Å². The number of amides is 1. The lowest BCUT2D eigenvalue weighted by molar-refractivity contribution is -0.128. The van der Waals surface area contributed by atoms with Crippen LogP contribution >= 0.6 is 0 Å². The Morgan fingerprint density at radius 1 is 0.973 bits per heavy atom. The first-order valence-corrected chi connectivity index (χ1v) is 14.1. The molecule has 1 aliphatic rings. The van der Waals surface area contributed by atoms with Crippen LogP contribution in [0.25, 0.3) is 11.1 Å². The Kier molecular flexibility index (Phi) is 8.11. The van der Waals surface area contributed by atoms with E-state index in [2.05, 4.69) is 15.0 Å². The van der Waals surface area contributed by atoms with Crippen LogP contribution in [0.3, 0.4) is 0 Å². The second-order valence-corrected chi connectivity index (χ2v) is 12.1. The number of pyridine rings is 1. The van der Waals surface area contributed by atoms with Gasteiger partial charge in [0.2, 0.25) is 15.9 Å². The summed E-state index contributed by atoms with van der Waals surface area (Å²) >= 11 is 0. The van der Waals surface area contributed by atoms with Crippen molar-refractivity contribution in [3.8, 4) is 11.1 Å². The minimum atomic E-state index is -3.68. The highest BCUT2D eigenvalue weighted by Gasteiger charge is 2.34. The van der Waals surface area contributed by atoms with Crippen LogP contribution in [0.15, 0.2) is 77.8 Å². The van der Waals surface area contributed by atoms with E-state index in [1.165, 1.54) is 0 Å². The molecule has 1 aliphatic carbocycles. The Labute approximate surface area is 219 Å². The minimum Gasteiger partial charge on any atom is -0.388 e. The normalized spacial score (nSPS) is 19.2. The second-order valence-electron chi connectivity index (χ2n) is 10.4. The number of benzene rings is 2. The molecule has 0 bridgehead atoms. The lowest BCUT2D eigenvalue weighted by Gasteiger charge is -2.34. The molecule has 1 amide bonds. The quantitative estimate of drug-likeness (QED) is 0.404. The van der Waals surface area contributed by atoms with Gasteiger partial charge in [0.25, 0.3) is 0 Å². The topological polar surface area (TPSA) is 108 Å². The van der Waals surface area contributed by atoms with Gasteiger partial charge in [-0.1, -0.05) is 42.5 Å². The molecule has 37 heavy (non-hydrogen) atoms. The maximum atomic E-state index is 13.0. The molecule has 0 saturated heterocycles. The number of aromatic nitrogens is 1. The maximum absolute atomic E-state index is 13.0. The van der Waals surface area contributed by atoms with E-state index in [1.54, 1.807) is 44.3 Å². The van der Waals surface area contributed by atoms with Gasteiger partial charge in [-0.3, -0.25) is 9.78 Å². The van der Waals surface area contributed by atoms with Crippen LogP contribution in [-0.4, -0.2) is 36.1 Å². The fourth-order valence-electron chi connectivity index (χ4n) is 4.89. The average molecular weight is 522 g/mol. The lowest BCUT2D eigenvalue weighted by Crippen LogP contribution is -2.46. The highest BCUT2D eigenvalue weighted by Crippen LogP contribution is 2.30. The molecule has 0 aliphatic heterocycles. The lowest BCUT2D eigenvalue weighted by atomic mass is 9.84. The van der Waals surface area contributed by atoms with E-state index in [0.717, 1.165) is 22.4 Å². The number of hydrogen-bond donors (Lipinski definition) is 3. The standard InChI is InChI=1S/C29H35N3O4S/c1-20-19-24(17-18-30-20)21-11-15-26(16-12-21)37(35,36)32-25-13-9-23(10-14-25)28(33)31-27(29(2,3)34)22-7-5-4-6-8-22/h4-8,11-12,15-19,23,25,27,32,34H,9-10,13-14H2,1-3H3,(H,31,33)/t23?,25?,27-/m0/s1. The van der Waals surface area contributed by atoms with E-state index in [0.29, 0.717) is 25.7 Å². The van der Waals surface area contributed by atoms with Crippen LogP contribution in [0, 0.1) is 12.8 Å². The predicted molar refractivity (Wildman–Crippen MR) is 144 cm³/mol. The summed E-state index contributed by atoms with van der Waals surface area (Å²) in [7, 11) is -3.68. The number of carbonyl (C=O) groups is 1. The van der Waals surface area contributed by atoms with Gasteiger partial charge in [-0.25, -0.2) is 13.1 Å². The van der Waals surface area contributed by atoms with Crippen LogP contribution < -0.4 is 10.0 Å². The highest BCUT2D eigenvalue weighted by atomic mass is 32.2. The van der Waals surface area contributed by atoms with Crippen LogP contribution in [0.5, 0.6) is 0 Å². The van der Waals surface area contributed by atoms with Crippen molar-refractivity contribution in [1.82, 2.24) is 15.0 Å². The number of nitrogens with one attached hydrogen (secondary N) is 2. The Morgan fingerprint density at radius 2 is 1.62 bits per heavy atom. The molecule has 0 unspecified atom stereocenters. The number of nitrogens with zero attached hydrogens (tertiary/aromatic N) is 1. The average Bonchev–Trinajstić information content (AvgIpc) is 2.87. The van der Waals surface area contributed by atoms with Crippen molar-refractivity contribution in [3.05, 3.63) is 84.2 Å². The zero-order valence-corrected chi connectivity index (χ0v) is 22.3. The summed E-state index contributed by atoms with van der Waals surface area (Å²) in [6, 6.07) is 19.4. The summed E-state index contributed by atoms with van der Waals surface area (Å²) in [6.07, 6.45) is 4.04. The number of aryl methyl sites for hydroxylation is 1. The van der Waals surface area contributed by atoms with E-state index in [1.807, 2.05) is 49.4 Å². The molecular weight excluding hydrogens is 486 g/mol. The molecule has 1 fully saturated rings. The first-order chi connectivity index (χ1) is 17.5. The van der Waals surface area contributed by atoms with Gasteiger partial charge in [0.15, 0.2) is 0 Å². The molecule has 8 heteroatoms. The van der Waals surface area contributed by atoms with Crippen molar-refractivity contribution in [2.75, 3.05) is 0 Å². The molecule has 196 valence electrons. The third-order valence-corrected chi connectivity index (χ3v) is 8.48. The first-order valence-electron chi connectivity index (χ1n) is 12.7. The minimum absolute atomic E-state index is 0.112. The number of sulfonamides is 1. The van der Waals surface area contributed by atoms with E-state index in [9.17, 15) is 18.3 Å².